The molecule has 18 heavy (non-hydrogen) atoms. The van der Waals surface area contributed by atoms with Gasteiger partial charge in [-0.15, -0.1) is 0 Å². The van der Waals surface area contributed by atoms with Crippen LogP contribution in [0.15, 0.2) is 6.33 Å². The Morgan fingerprint density at radius 3 is 2.78 bits per heavy atom. The average Bonchev–Trinajstić information content (AvgIpc) is 2.41. The van der Waals surface area contributed by atoms with Gasteiger partial charge in [0.1, 0.15) is 12.9 Å². The number of nitrogens with two attached hydrogens (primary N) is 1. The molecule has 0 aliphatic carbocycles. The second-order valence-electron chi connectivity index (χ2n) is 4.13. The Morgan fingerprint density at radius 1 is 1.33 bits per heavy atom. The summed E-state index contributed by atoms with van der Waals surface area (Å²) in [7, 11) is 0. The van der Waals surface area contributed by atoms with Gasteiger partial charge in [0.15, 0.2) is 5.69 Å². The zero-order valence-corrected chi connectivity index (χ0v) is 10.6. The van der Waals surface area contributed by atoms with E-state index in [4.69, 9.17) is 19.9 Å². The van der Waals surface area contributed by atoms with E-state index in [2.05, 4.69) is 9.97 Å². The first-order valence-electron chi connectivity index (χ1n) is 6.29. The Kier molecular flexibility index (Phi) is 4.58. The first-order valence-corrected chi connectivity index (χ1v) is 6.29. The van der Waals surface area contributed by atoms with Crippen molar-refractivity contribution in [1.29, 1.82) is 0 Å². The fourth-order valence-corrected chi connectivity index (χ4v) is 1.84. The van der Waals surface area contributed by atoms with E-state index < -0.39 is 0 Å². The van der Waals surface area contributed by atoms with Crippen molar-refractivity contribution >= 4 is 5.69 Å². The Balaban J connectivity index is 1.93. The molecule has 1 aliphatic rings. The topological polar surface area (TPSA) is 79.5 Å². The van der Waals surface area contributed by atoms with Crippen LogP contribution in [-0.4, -0.2) is 35.9 Å². The first-order chi connectivity index (χ1) is 8.81. The number of ether oxygens (including phenoxy) is 3. The number of rotatable bonds is 5. The van der Waals surface area contributed by atoms with E-state index >= 15 is 0 Å². The number of hydrogen-bond acceptors (Lipinski definition) is 6. The van der Waals surface area contributed by atoms with Crippen molar-refractivity contribution in [1.82, 2.24) is 9.97 Å². The van der Waals surface area contributed by atoms with E-state index in [9.17, 15) is 0 Å². The summed E-state index contributed by atoms with van der Waals surface area (Å²) >= 11 is 0. The largest absolute Gasteiger partial charge is 0.476 e. The molecule has 0 saturated carbocycles. The molecular weight excluding hydrogens is 234 g/mol. The van der Waals surface area contributed by atoms with Gasteiger partial charge in [-0.2, -0.15) is 9.97 Å². The molecule has 0 radical (unpaired) electrons. The van der Waals surface area contributed by atoms with Gasteiger partial charge in [0, 0.05) is 6.61 Å². The van der Waals surface area contributed by atoms with Crippen LogP contribution in [-0.2, 0) is 4.74 Å². The van der Waals surface area contributed by atoms with Crippen LogP contribution in [0, 0.1) is 0 Å². The summed E-state index contributed by atoms with van der Waals surface area (Å²) in [4.78, 5) is 7.97. The summed E-state index contributed by atoms with van der Waals surface area (Å²) in [5.74, 6) is 0.731. The lowest BCUT2D eigenvalue weighted by Gasteiger charge is -2.22. The Bertz CT molecular complexity index is 381. The minimum atomic E-state index is 0.128. The van der Waals surface area contributed by atoms with Crippen molar-refractivity contribution in [2.24, 2.45) is 0 Å². The monoisotopic (exact) mass is 253 g/mol. The van der Waals surface area contributed by atoms with Gasteiger partial charge in [-0.1, -0.05) is 0 Å². The van der Waals surface area contributed by atoms with Crippen LogP contribution in [0.2, 0.25) is 0 Å². The van der Waals surface area contributed by atoms with Gasteiger partial charge in [-0.25, -0.2) is 0 Å². The van der Waals surface area contributed by atoms with Crippen molar-refractivity contribution in [3.63, 3.8) is 0 Å². The zero-order chi connectivity index (χ0) is 12.8. The summed E-state index contributed by atoms with van der Waals surface area (Å²) in [5.41, 5.74) is 6.21. The minimum Gasteiger partial charge on any atom is -0.476 e. The molecule has 1 unspecified atom stereocenters. The molecule has 1 aliphatic heterocycles. The van der Waals surface area contributed by atoms with Crippen LogP contribution in [0.4, 0.5) is 5.69 Å². The van der Waals surface area contributed by atoms with E-state index in [0.717, 1.165) is 19.4 Å². The maximum Gasteiger partial charge on any atom is 0.244 e. The third-order valence-corrected chi connectivity index (χ3v) is 2.77. The highest BCUT2D eigenvalue weighted by Crippen LogP contribution is 2.27. The molecule has 100 valence electrons. The molecule has 2 N–H and O–H groups in total. The molecule has 1 aromatic rings. The SMILES string of the molecule is CCOc1ncnc(OCC2CCCCO2)c1N. The fraction of sp³-hybridized carbons (Fsp3) is 0.667. The summed E-state index contributed by atoms with van der Waals surface area (Å²) < 4.78 is 16.4. The molecular formula is C12H19N3O3. The van der Waals surface area contributed by atoms with Crippen molar-refractivity contribution in [3.05, 3.63) is 6.33 Å². The molecule has 1 fully saturated rings. The number of nitrogen functional groups attached to an aromatic ring is 1. The second kappa shape index (κ2) is 6.39. The summed E-state index contributed by atoms with van der Waals surface area (Å²) in [6.45, 7) is 3.65. The first kappa shape index (κ1) is 12.9. The summed E-state index contributed by atoms with van der Waals surface area (Å²) in [6, 6.07) is 0. The summed E-state index contributed by atoms with van der Waals surface area (Å²) in [5, 5.41) is 0. The Morgan fingerprint density at radius 2 is 2.11 bits per heavy atom. The van der Waals surface area contributed by atoms with Gasteiger partial charge in [0.25, 0.3) is 0 Å². The zero-order valence-electron chi connectivity index (χ0n) is 10.6. The van der Waals surface area contributed by atoms with Crippen LogP contribution in [0.1, 0.15) is 26.2 Å². The van der Waals surface area contributed by atoms with E-state index in [1.54, 1.807) is 0 Å². The predicted octanol–water partition coefficient (Wildman–Crippen LogP) is 1.41. The number of hydrogen-bond donors (Lipinski definition) is 1. The van der Waals surface area contributed by atoms with Crippen molar-refractivity contribution in [3.8, 4) is 11.8 Å². The highest BCUT2D eigenvalue weighted by molar-refractivity contribution is 5.55. The number of nitrogens with zero attached hydrogens (tertiary/aromatic N) is 2. The predicted molar refractivity (Wildman–Crippen MR) is 66.7 cm³/mol. The van der Waals surface area contributed by atoms with Gasteiger partial charge in [0.05, 0.1) is 12.7 Å². The molecule has 2 heterocycles. The Hall–Kier alpha value is -1.56. The maximum absolute atomic E-state index is 5.87. The van der Waals surface area contributed by atoms with E-state index in [0.29, 0.717) is 30.7 Å². The van der Waals surface area contributed by atoms with Crippen LogP contribution in [0.25, 0.3) is 0 Å². The Labute approximate surface area is 106 Å². The van der Waals surface area contributed by atoms with Crippen LogP contribution in [0.5, 0.6) is 11.8 Å². The van der Waals surface area contributed by atoms with E-state index in [-0.39, 0.29) is 6.10 Å². The molecule has 1 atom stereocenters. The van der Waals surface area contributed by atoms with Gasteiger partial charge in [-0.05, 0) is 26.2 Å². The lowest BCUT2D eigenvalue weighted by atomic mass is 10.1. The molecule has 1 saturated heterocycles. The van der Waals surface area contributed by atoms with Crippen LogP contribution < -0.4 is 15.2 Å². The molecule has 2 rings (SSSR count). The smallest absolute Gasteiger partial charge is 0.244 e. The van der Waals surface area contributed by atoms with Crippen molar-refractivity contribution in [2.75, 3.05) is 25.6 Å². The molecule has 6 heteroatoms. The maximum atomic E-state index is 5.87. The standard InChI is InChI=1S/C12H19N3O3/c1-2-16-11-10(13)12(15-8-14-11)18-7-9-5-3-4-6-17-9/h8-9H,2-7,13H2,1H3. The third kappa shape index (κ3) is 3.22. The van der Waals surface area contributed by atoms with Gasteiger partial charge < -0.3 is 19.9 Å². The quantitative estimate of drug-likeness (QED) is 0.854. The number of aromatic nitrogens is 2. The number of anilines is 1. The molecule has 0 amide bonds. The van der Waals surface area contributed by atoms with Crippen LogP contribution in [0.3, 0.4) is 0 Å². The third-order valence-electron chi connectivity index (χ3n) is 2.77. The summed E-state index contributed by atoms with van der Waals surface area (Å²) in [6.07, 6.45) is 4.84. The highest BCUT2D eigenvalue weighted by Gasteiger charge is 2.16. The van der Waals surface area contributed by atoms with E-state index in [1.807, 2.05) is 6.92 Å². The normalized spacial score (nSPS) is 19.5. The molecule has 0 spiro atoms. The lowest BCUT2D eigenvalue weighted by Crippen LogP contribution is -2.26. The molecule has 0 bridgehead atoms. The van der Waals surface area contributed by atoms with Crippen molar-refractivity contribution < 1.29 is 14.2 Å². The van der Waals surface area contributed by atoms with Gasteiger partial charge >= 0.3 is 0 Å². The molecule has 1 aromatic heterocycles. The van der Waals surface area contributed by atoms with Gasteiger partial charge in [0.2, 0.25) is 11.8 Å². The fourth-order valence-electron chi connectivity index (χ4n) is 1.84. The lowest BCUT2D eigenvalue weighted by molar-refractivity contribution is -0.0118. The second-order valence-corrected chi connectivity index (χ2v) is 4.13. The average molecular weight is 253 g/mol. The van der Waals surface area contributed by atoms with Gasteiger partial charge in [-0.3, -0.25) is 0 Å². The van der Waals surface area contributed by atoms with Crippen molar-refractivity contribution in [2.45, 2.75) is 32.3 Å². The van der Waals surface area contributed by atoms with Crippen LogP contribution >= 0.6 is 0 Å². The van der Waals surface area contributed by atoms with E-state index in [1.165, 1.54) is 12.7 Å². The molecule has 6 nitrogen and oxygen atoms in total. The highest BCUT2D eigenvalue weighted by atomic mass is 16.5. The minimum absolute atomic E-state index is 0.128. The molecule has 0 aromatic carbocycles.